The lowest BCUT2D eigenvalue weighted by Crippen LogP contribution is -2.51. The number of benzene rings is 1. The van der Waals surface area contributed by atoms with Gasteiger partial charge >= 0.3 is 0 Å². The molecule has 3 aromatic heterocycles. The molecule has 0 unspecified atom stereocenters. The van der Waals surface area contributed by atoms with Crippen molar-refractivity contribution in [2.24, 2.45) is 5.41 Å². The first-order chi connectivity index (χ1) is 17.6. The number of ether oxygens (including phenoxy) is 4. The molecule has 8 nitrogen and oxygen atoms in total. The number of likely N-dealkylation sites (tertiary alicyclic amines) is 1. The predicted octanol–water partition coefficient (Wildman–Crippen LogP) is 5.10. The Hall–Kier alpha value is -3.36. The molecule has 0 aliphatic carbocycles. The molecular weight excluding hydrogens is 456 g/mol. The van der Waals surface area contributed by atoms with E-state index in [2.05, 4.69) is 25.9 Å². The highest BCUT2D eigenvalue weighted by Crippen LogP contribution is 2.39. The van der Waals surface area contributed by atoms with Gasteiger partial charge in [0.15, 0.2) is 11.5 Å². The number of hydrogen-bond acceptors (Lipinski definition) is 7. The quantitative estimate of drug-likeness (QED) is 0.346. The molecule has 4 aromatic rings. The molecule has 2 aliphatic heterocycles. The number of pyridine rings is 2. The van der Waals surface area contributed by atoms with Crippen molar-refractivity contribution in [1.29, 1.82) is 0 Å². The largest absolute Gasteiger partial charge is 0.493 e. The van der Waals surface area contributed by atoms with Gasteiger partial charge in [-0.25, -0.2) is 4.98 Å². The van der Waals surface area contributed by atoms with Gasteiger partial charge in [0.2, 0.25) is 0 Å². The van der Waals surface area contributed by atoms with Crippen LogP contribution in [0.4, 0.5) is 0 Å². The van der Waals surface area contributed by atoms with Crippen LogP contribution in [0.15, 0.2) is 42.7 Å². The molecule has 36 heavy (non-hydrogen) atoms. The van der Waals surface area contributed by atoms with Gasteiger partial charge in [0, 0.05) is 40.7 Å². The van der Waals surface area contributed by atoms with Crippen LogP contribution < -0.4 is 14.2 Å². The summed E-state index contributed by atoms with van der Waals surface area (Å²) in [6.45, 7) is 7.89. The number of nitrogens with zero attached hydrogens (tertiary/aromatic N) is 3. The summed E-state index contributed by atoms with van der Waals surface area (Å²) in [4.78, 5) is 14.8. The van der Waals surface area contributed by atoms with Crippen molar-refractivity contribution in [2.75, 3.05) is 46.6 Å². The number of piperidine rings is 1. The van der Waals surface area contributed by atoms with Crippen LogP contribution in [-0.2, 0) is 4.74 Å². The number of hydrogen-bond donors (Lipinski definition) is 1. The topological polar surface area (TPSA) is 81.7 Å². The molecular formula is C28H32N4O4. The van der Waals surface area contributed by atoms with Crippen LogP contribution in [0.2, 0.25) is 0 Å². The number of rotatable bonds is 8. The number of aromatic amines is 1. The minimum absolute atomic E-state index is 0.478. The molecule has 5 heterocycles. The summed E-state index contributed by atoms with van der Waals surface area (Å²) in [5.41, 5.74) is 3.18. The minimum atomic E-state index is 0.478. The summed E-state index contributed by atoms with van der Waals surface area (Å²) < 4.78 is 23.5. The highest BCUT2D eigenvalue weighted by molar-refractivity contribution is 5.88. The molecule has 1 N–H and O–H groups in total. The molecule has 0 bridgehead atoms. The van der Waals surface area contributed by atoms with Gasteiger partial charge in [-0.1, -0.05) is 0 Å². The highest BCUT2D eigenvalue weighted by atomic mass is 16.5. The van der Waals surface area contributed by atoms with E-state index in [0.29, 0.717) is 35.0 Å². The van der Waals surface area contributed by atoms with Crippen LogP contribution in [-0.4, -0.2) is 66.4 Å². The second kappa shape index (κ2) is 9.59. The molecule has 0 amide bonds. The van der Waals surface area contributed by atoms with Crippen molar-refractivity contribution in [1.82, 2.24) is 19.9 Å². The number of H-pyrrole nitrogens is 1. The first kappa shape index (κ1) is 23.1. The molecule has 8 heteroatoms. The van der Waals surface area contributed by atoms with E-state index in [1.165, 1.54) is 12.8 Å². The molecule has 2 fully saturated rings. The van der Waals surface area contributed by atoms with Gasteiger partial charge in [-0.05, 0) is 63.5 Å². The van der Waals surface area contributed by atoms with Crippen molar-refractivity contribution in [3.05, 3.63) is 48.4 Å². The Balaban J connectivity index is 1.12. The first-order valence-electron chi connectivity index (χ1n) is 12.6. The summed E-state index contributed by atoms with van der Waals surface area (Å²) in [6.07, 6.45) is 6.93. The Labute approximate surface area is 210 Å². The Kier molecular flexibility index (Phi) is 6.15. The zero-order chi connectivity index (χ0) is 24.5. The third kappa shape index (κ3) is 4.58. The second-order valence-corrected chi connectivity index (χ2v) is 10.0. The van der Waals surface area contributed by atoms with E-state index in [1.807, 2.05) is 31.2 Å². The molecule has 0 radical (unpaired) electrons. The van der Waals surface area contributed by atoms with Gasteiger partial charge in [0.25, 0.3) is 0 Å². The van der Waals surface area contributed by atoms with E-state index in [-0.39, 0.29) is 0 Å². The molecule has 188 valence electrons. The predicted molar refractivity (Wildman–Crippen MR) is 138 cm³/mol. The summed E-state index contributed by atoms with van der Waals surface area (Å²) in [6, 6.07) is 9.75. The summed E-state index contributed by atoms with van der Waals surface area (Å²) in [5.74, 6) is 2.73. The highest BCUT2D eigenvalue weighted by Gasteiger charge is 2.40. The maximum Gasteiger partial charge on any atom is 0.163 e. The monoisotopic (exact) mass is 488 g/mol. The molecule has 1 spiro atoms. The van der Waals surface area contributed by atoms with Gasteiger partial charge in [0.05, 0.1) is 38.6 Å². The van der Waals surface area contributed by atoms with Crippen molar-refractivity contribution >= 4 is 21.9 Å². The van der Waals surface area contributed by atoms with Crippen LogP contribution >= 0.6 is 0 Å². The van der Waals surface area contributed by atoms with E-state index in [4.69, 9.17) is 18.9 Å². The van der Waals surface area contributed by atoms with E-state index in [1.54, 1.807) is 19.5 Å². The smallest absolute Gasteiger partial charge is 0.163 e. The number of fused-ring (bicyclic) bond motifs is 2. The van der Waals surface area contributed by atoms with Crippen LogP contribution in [0.5, 0.6) is 23.0 Å². The van der Waals surface area contributed by atoms with Crippen LogP contribution in [0.3, 0.4) is 0 Å². The third-order valence-corrected chi connectivity index (χ3v) is 7.40. The van der Waals surface area contributed by atoms with Crippen molar-refractivity contribution in [3.63, 3.8) is 0 Å². The molecule has 2 aliphatic rings. The average molecular weight is 489 g/mol. The SMILES string of the molecule is COc1cc2c(Oc3cnc4[nH]c(C)cc4c3)ccnc2cc1OCCCN1CCC2(CC1)COC2. The summed E-state index contributed by atoms with van der Waals surface area (Å²) >= 11 is 0. The second-order valence-electron chi connectivity index (χ2n) is 10.0. The maximum atomic E-state index is 6.21. The van der Waals surface area contributed by atoms with Crippen LogP contribution in [0.1, 0.15) is 25.0 Å². The first-order valence-corrected chi connectivity index (χ1v) is 12.6. The van der Waals surface area contributed by atoms with Gasteiger partial charge in [-0.3, -0.25) is 4.98 Å². The Morgan fingerprint density at radius 2 is 1.92 bits per heavy atom. The lowest BCUT2D eigenvalue weighted by atomic mass is 9.77. The number of aryl methyl sites for hydroxylation is 1. The molecule has 1 aromatic carbocycles. The zero-order valence-corrected chi connectivity index (χ0v) is 20.9. The molecule has 0 saturated carbocycles. The Morgan fingerprint density at radius 3 is 2.69 bits per heavy atom. The lowest BCUT2D eigenvalue weighted by molar-refractivity contribution is -0.139. The van der Waals surface area contributed by atoms with E-state index in [9.17, 15) is 0 Å². The minimum Gasteiger partial charge on any atom is -0.493 e. The fourth-order valence-electron chi connectivity index (χ4n) is 5.21. The van der Waals surface area contributed by atoms with Gasteiger partial charge < -0.3 is 28.8 Å². The lowest BCUT2D eigenvalue weighted by Gasteiger charge is -2.47. The van der Waals surface area contributed by atoms with Crippen molar-refractivity contribution in [2.45, 2.75) is 26.2 Å². The average Bonchev–Trinajstić information content (AvgIpc) is 3.25. The summed E-state index contributed by atoms with van der Waals surface area (Å²) in [7, 11) is 1.66. The van der Waals surface area contributed by atoms with Crippen LogP contribution in [0, 0.1) is 12.3 Å². The van der Waals surface area contributed by atoms with Gasteiger partial charge in [-0.2, -0.15) is 0 Å². The van der Waals surface area contributed by atoms with Gasteiger partial charge in [-0.15, -0.1) is 0 Å². The molecule has 2 saturated heterocycles. The van der Waals surface area contributed by atoms with E-state index < -0.39 is 0 Å². The molecule has 6 rings (SSSR count). The Morgan fingerprint density at radius 1 is 1.06 bits per heavy atom. The fourth-order valence-corrected chi connectivity index (χ4v) is 5.21. The number of nitrogens with one attached hydrogen (secondary N) is 1. The van der Waals surface area contributed by atoms with Gasteiger partial charge in [0.1, 0.15) is 17.1 Å². The van der Waals surface area contributed by atoms with E-state index in [0.717, 1.165) is 66.9 Å². The molecule has 0 atom stereocenters. The van der Waals surface area contributed by atoms with E-state index >= 15 is 0 Å². The van der Waals surface area contributed by atoms with Crippen molar-refractivity contribution < 1.29 is 18.9 Å². The fraction of sp³-hybridized carbons (Fsp3) is 0.429. The zero-order valence-electron chi connectivity index (χ0n) is 20.9. The van der Waals surface area contributed by atoms with Crippen LogP contribution in [0.25, 0.3) is 21.9 Å². The summed E-state index contributed by atoms with van der Waals surface area (Å²) in [5, 5.41) is 1.87. The standard InChI is InChI=1S/C28H32N4O4/c1-19-12-20-13-21(16-30-27(20)31-19)36-24-4-7-29-23-15-26(25(33-2)14-22(23)24)35-11-3-8-32-9-5-28(6-10-32)17-34-18-28/h4,7,12-16H,3,5-6,8-11,17-18H2,1-2H3,(H,30,31). The Bertz CT molecular complexity index is 1370. The maximum absolute atomic E-state index is 6.21. The number of aromatic nitrogens is 3. The number of methoxy groups -OCH3 is 1. The normalized spacial score (nSPS) is 17.4. The van der Waals surface area contributed by atoms with Crippen molar-refractivity contribution in [3.8, 4) is 23.0 Å². The third-order valence-electron chi connectivity index (χ3n) is 7.40.